The van der Waals surface area contributed by atoms with Crippen molar-refractivity contribution in [1.29, 1.82) is 0 Å². The van der Waals surface area contributed by atoms with Crippen molar-refractivity contribution in [2.24, 2.45) is 0 Å². The second-order valence-electron chi connectivity index (χ2n) is 3.89. The van der Waals surface area contributed by atoms with Gasteiger partial charge in [0.25, 0.3) is 0 Å². The van der Waals surface area contributed by atoms with Gasteiger partial charge in [-0.15, -0.1) is 0 Å². The smallest absolute Gasteiger partial charge is 0.203 e. The zero-order chi connectivity index (χ0) is 12.7. The molecule has 0 fully saturated rings. The first-order valence-electron chi connectivity index (χ1n) is 5.07. The van der Waals surface area contributed by atoms with Crippen molar-refractivity contribution in [3.05, 3.63) is 41.3 Å². The van der Waals surface area contributed by atoms with E-state index < -0.39 is 24.9 Å². The van der Waals surface area contributed by atoms with Crippen LogP contribution in [0.3, 0.4) is 0 Å². The van der Waals surface area contributed by atoms with E-state index in [-0.39, 0.29) is 15.6 Å². The van der Waals surface area contributed by atoms with Crippen molar-refractivity contribution in [3.8, 4) is 0 Å². The minimum atomic E-state index is -3.68. The largest absolute Gasteiger partial charge is 0.228 e. The van der Waals surface area contributed by atoms with E-state index in [1.54, 1.807) is 18.2 Å². The van der Waals surface area contributed by atoms with Gasteiger partial charge in [-0.2, -0.15) is 0 Å². The molecule has 1 heterocycles. The van der Waals surface area contributed by atoms with Gasteiger partial charge in [-0.3, -0.25) is 0 Å². The number of sulfone groups is 2. The van der Waals surface area contributed by atoms with Gasteiger partial charge in [-0.05, 0) is 19.1 Å². The van der Waals surface area contributed by atoms with Crippen LogP contribution in [-0.4, -0.2) is 27.8 Å². The standard InChI is InChI=1S/C11H12O4S2/c1-9-11(7-8-16(9,12)13)17(14,15)10-5-3-2-4-6-10/h2-7,9H,8H2,1H3. The molecule has 0 spiro atoms. The predicted molar refractivity (Wildman–Crippen MR) is 65.0 cm³/mol. The lowest BCUT2D eigenvalue weighted by molar-refractivity contribution is 0.590. The van der Waals surface area contributed by atoms with Crippen molar-refractivity contribution in [1.82, 2.24) is 0 Å². The first-order chi connectivity index (χ1) is 7.86. The van der Waals surface area contributed by atoms with E-state index in [4.69, 9.17) is 0 Å². The lowest BCUT2D eigenvalue weighted by Gasteiger charge is -2.10. The number of hydrogen-bond donors (Lipinski definition) is 0. The van der Waals surface area contributed by atoms with Crippen LogP contribution in [0.5, 0.6) is 0 Å². The number of hydrogen-bond acceptors (Lipinski definition) is 4. The molecule has 0 bridgehead atoms. The first-order valence-corrected chi connectivity index (χ1v) is 8.27. The maximum Gasteiger partial charge on any atom is 0.203 e. The molecule has 1 aromatic rings. The molecule has 0 N–H and O–H groups in total. The van der Waals surface area contributed by atoms with Gasteiger partial charge in [-0.1, -0.05) is 24.3 Å². The minimum absolute atomic E-state index is 0.0105. The second kappa shape index (κ2) is 3.96. The third-order valence-electron chi connectivity index (χ3n) is 2.82. The van der Waals surface area contributed by atoms with Crippen LogP contribution in [0.15, 0.2) is 46.2 Å². The summed E-state index contributed by atoms with van der Waals surface area (Å²) in [5.41, 5.74) is 0. The molecule has 1 aromatic carbocycles. The molecular formula is C11H12O4S2. The fourth-order valence-electron chi connectivity index (χ4n) is 1.75. The van der Waals surface area contributed by atoms with Gasteiger partial charge in [0.2, 0.25) is 9.84 Å². The number of benzene rings is 1. The van der Waals surface area contributed by atoms with Crippen molar-refractivity contribution >= 4 is 19.7 Å². The Morgan fingerprint density at radius 1 is 1.18 bits per heavy atom. The highest BCUT2D eigenvalue weighted by Crippen LogP contribution is 2.30. The van der Waals surface area contributed by atoms with E-state index >= 15 is 0 Å². The van der Waals surface area contributed by atoms with Crippen LogP contribution >= 0.6 is 0 Å². The van der Waals surface area contributed by atoms with E-state index in [1.165, 1.54) is 25.1 Å². The summed E-state index contributed by atoms with van der Waals surface area (Å²) >= 11 is 0. The molecule has 4 nitrogen and oxygen atoms in total. The molecule has 0 radical (unpaired) electrons. The Hall–Kier alpha value is -1.14. The van der Waals surface area contributed by atoms with Gasteiger partial charge in [0.1, 0.15) is 0 Å². The monoisotopic (exact) mass is 272 g/mol. The van der Waals surface area contributed by atoms with Gasteiger partial charge in [0.05, 0.1) is 20.8 Å². The molecule has 92 valence electrons. The van der Waals surface area contributed by atoms with Crippen molar-refractivity contribution in [2.45, 2.75) is 17.1 Å². The van der Waals surface area contributed by atoms with Crippen LogP contribution in [-0.2, 0) is 19.7 Å². The zero-order valence-corrected chi connectivity index (χ0v) is 10.8. The van der Waals surface area contributed by atoms with Crippen LogP contribution in [0.1, 0.15) is 6.92 Å². The van der Waals surface area contributed by atoms with E-state index in [2.05, 4.69) is 0 Å². The van der Waals surface area contributed by atoms with Crippen molar-refractivity contribution in [3.63, 3.8) is 0 Å². The Balaban J connectivity index is 2.51. The molecule has 2 rings (SSSR count). The Kier molecular flexibility index (Phi) is 2.87. The SMILES string of the molecule is CC1C(S(=O)(=O)c2ccccc2)=CCS1(=O)=O. The fourth-order valence-corrected chi connectivity index (χ4v) is 5.35. The molecule has 1 atom stereocenters. The normalized spacial score (nSPS) is 23.4. The maximum absolute atomic E-state index is 12.2. The molecule has 1 unspecified atom stereocenters. The lowest BCUT2D eigenvalue weighted by atomic mass is 10.4. The third kappa shape index (κ3) is 2.02. The molecule has 1 aliphatic rings. The zero-order valence-electron chi connectivity index (χ0n) is 9.20. The Morgan fingerprint density at radius 3 is 2.24 bits per heavy atom. The third-order valence-corrected chi connectivity index (χ3v) is 6.97. The summed E-state index contributed by atoms with van der Waals surface area (Å²) in [5, 5.41) is -0.951. The van der Waals surface area contributed by atoms with Crippen LogP contribution in [0.25, 0.3) is 0 Å². The summed E-state index contributed by atoms with van der Waals surface area (Å²) in [6, 6.07) is 7.87. The van der Waals surface area contributed by atoms with Crippen molar-refractivity contribution in [2.75, 3.05) is 5.75 Å². The van der Waals surface area contributed by atoms with Crippen LogP contribution in [0.2, 0.25) is 0 Å². The van der Waals surface area contributed by atoms with Gasteiger partial charge < -0.3 is 0 Å². The Morgan fingerprint density at radius 2 is 1.76 bits per heavy atom. The quantitative estimate of drug-likeness (QED) is 0.810. The van der Waals surface area contributed by atoms with Crippen LogP contribution in [0.4, 0.5) is 0 Å². The maximum atomic E-state index is 12.2. The van der Waals surface area contributed by atoms with Crippen LogP contribution < -0.4 is 0 Å². The fraction of sp³-hybridized carbons (Fsp3) is 0.273. The molecule has 17 heavy (non-hydrogen) atoms. The van der Waals surface area contributed by atoms with Gasteiger partial charge >= 0.3 is 0 Å². The molecule has 0 aliphatic carbocycles. The summed E-state index contributed by atoms with van der Waals surface area (Å²) in [5.74, 6) is -0.199. The molecule has 1 aliphatic heterocycles. The van der Waals surface area contributed by atoms with E-state index in [1.807, 2.05) is 0 Å². The highest BCUT2D eigenvalue weighted by molar-refractivity contribution is 7.99. The summed E-state index contributed by atoms with van der Waals surface area (Å²) < 4.78 is 47.5. The Bertz CT molecular complexity index is 655. The Labute approximate surface area is 101 Å². The van der Waals surface area contributed by atoms with Gasteiger partial charge in [0, 0.05) is 0 Å². The summed E-state index contributed by atoms with van der Waals surface area (Å²) in [7, 11) is -7.01. The molecule has 0 aromatic heterocycles. The first kappa shape index (κ1) is 12.3. The molecular weight excluding hydrogens is 260 g/mol. The predicted octanol–water partition coefficient (Wildman–Crippen LogP) is 1.16. The highest BCUT2D eigenvalue weighted by atomic mass is 32.2. The molecule has 0 amide bonds. The molecule has 0 saturated heterocycles. The second-order valence-corrected chi connectivity index (χ2v) is 8.21. The topological polar surface area (TPSA) is 68.3 Å². The molecule has 0 saturated carbocycles. The summed E-state index contributed by atoms with van der Waals surface area (Å²) in [6.45, 7) is 1.41. The highest BCUT2D eigenvalue weighted by Gasteiger charge is 2.37. The van der Waals surface area contributed by atoms with E-state index in [9.17, 15) is 16.8 Å². The number of rotatable bonds is 2. The van der Waals surface area contributed by atoms with Gasteiger partial charge in [0.15, 0.2) is 9.84 Å². The lowest BCUT2D eigenvalue weighted by Crippen LogP contribution is -2.20. The van der Waals surface area contributed by atoms with E-state index in [0.717, 1.165) is 0 Å². The summed E-state index contributed by atoms with van der Waals surface area (Å²) in [4.78, 5) is 0.124. The van der Waals surface area contributed by atoms with Gasteiger partial charge in [-0.25, -0.2) is 16.8 Å². The van der Waals surface area contributed by atoms with E-state index in [0.29, 0.717) is 0 Å². The average Bonchev–Trinajstić information content (AvgIpc) is 2.56. The average molecular weight is 272 g/mol. The molecule has 6 heteroatoms. The summed E-state index contributed by atoms with van der Waals surface area (Å²) in [6.07, 6.45) is 1.29. The minimum Gasteiger partial charge on any atom is -0.228 e. The van der Waals surface area contributed by atoms with Crippen molar-refractivity contribution < 1.29 is 16.8 Å². The van der Waals surface area contributed by atoms with Crippen LogP contribution in [0, 0.1) is 0 Å².